The summed E-state index contributed by atoms with van der Waals surface area (Å²) in [6, 6.07) is 24.6. The van der Waals surface area contributed by atoms with Crippen LogP contribution in [0.25, 0.3) is 33.3 Å². The van der Waals surface area contributed by atoms with Gasteiger partial charge in [0.15, 0.2) is 5.78 Å². The van der Waals surface area contributed by atoms with Gasteiger partial charge in [0.1, 0.15) is 5.75 Å². The number of rotatable bonds is 4. The lowest BCUT2D eigenvalue weighted by atomic mass is 9.97. The Morgan fingerprint density at radius 2 is 1.48 bits per heavy atom. The van der Waals surface area contributed by atoms with E-state index < -0.39 is 0 Å². The number of hydrogen-bond acceptors (Lipinski definition) is 2. The van der Waals surface area contributed by atoms with Crippen LogP contribution in [0.1, 0.15) is 17.3 Å². The Morgan fingerprint density at radius 3 is 2.04 bits per heavy atom. The zero-order valence-electron chi connectivity index (χ0n) is 15.7. The molecule has 0 saturated heterocycles. The second-order valence-corrected chi connectivity index (χ2v) is 6.64. The van der Waals surface area contributed by atoms with Gasteiger partial charge >= 0.3 is 0 Å². The minimum Gasteiger partial charge on any atom is -0.496 e. The average Bonchev–Trinajstić information content (AvgIpc) is 3.00. The summed E-state index contributed by atoms with van der Waals surface area (Å²) in [5.41, 5.74) is 6.16. The van der Waals surface area contributed by atoms with Crippen molar-refractivity contribution in [3.8, 4) is 28.1 Å². The Bertz CT molecular complexity index is 1130. The van der Waals surface area contributed by atoms with Crippen LogP contribution in [0.5, 0.6) is 5.75 Å². The van der Waals surface area contributed by atoms with Crippen molar-refractivity contribution < 1.29 is 9.53 Å². The molecule has 0 N–H and O–H groups in total. The number of carbonyl (C=O) groups excluding carboxylic acids is 1. The molecular formula is C24H21NO2. The van der Waals surface area contributed by atoms with Crippen LogP contribution < -0.4 is 4.74 Å². The lowest BCUT2D eigenvalue weighted by Crippen LogP contribution is -1.98. The van der Waals surface area contributed by atoms with Gasteiger partial charge in [0, 0.05) is 24.1 Å². The van der Waals surface area contributed by atoms with E-state index in [1.807, 2.05) is 48.5 Å². The third-order valence-electron chi connectivity index (χ3n) is 5.01. The highest BCUT2D eigenvalue weighted by atomic mass is 16.5. The third-order valence-corrected chi connectivity index (χ3v) is 5.01. The zero-order valence-corrected chi connectivity index (χ0v) is 15.7. The number of carbonyl (C=O) groups is 1. The lowest BCUT2D eigenvalue weighted by Gasteiger charge is -2.08. The Labute approximate surface area is 158 Å². The first kappa shape index (κ1) is 17.1. The number of hydrogen-bond donors (Lipinski definition) is 0. The summed E-state index contributed by atoms with van der Waals surface area (Å²) in [5.74, 6) is 0.604. The van der Waals surface area contributed by atoms with E-state index in [9.17, 15) is 4.79 Å². The molecule has 0 radical (unpaired) electrons. The molecule has 27 heavy (non-hydrogen) atoms. The fraction of sp³-hybridized carbons (Fsp3) is 0.125. The Morgan fingerprint density at radius 1 is 0.889 bits per heavy atom. The van der Waals surface area contributed by atoms with Gasteiger partial charge in [-0.05, 0) is 24.1 Å². The van der Waals surface area contributed by atoms with Gasteiger partial charge in [-0.3, -0.25) is 4.79 Å². The maximum atomic E-state index is 12.2. The molecule has 134 valence electrons. The van der Waals surface area contributed by atoms with Gasteiger partial charge in [-0.2, -0.15) is 0 Å². The van der Waals surface area contributed by atoms with E-state index in [0.29, 0.717) is 11.3 Å². The number of methoxy groups -OCH3 is 1. The summed E-state index contributed by atoms with van der Waals surface area (Å²) in [6.07, 6.45) is 0. The Hall–Kier alpha value is -3.33. The molecule has 0 atom stereocenters. The standard InChI is InChI=1S/C24H21NO2/c1-16(26)19-14-20-21(15-22(19)27-3)25(2)24(18-12-8-5-9-13-18)23(20)17-10-6-4-7-11-17/h4-15H,1-3H3. The summed E-state index contributed by atoms with van der Waals surface area (Å²) in [6.45, 7) is 1.58. The summed E-state index contributed by atoms with van der Waals surface area (Å²) >= 11 is 0. The fourth-order valence-electron chi connectivity index (χ4n) is 3.74. The molecule has 0 bridgehead atoms. The van der Waals surface area contributed by atoms with Crippen molar-refractivity contribution in [2.75, 3.05) is 7.11 Å². The van der Waals surface area contributed by atoms with E-state index in [1.54, 1.807) is 14.0 Å². The number of ketones is 1. The molecule has 0 unspecified atom stereocenters. The second kappa shape index (κ2) is 6.76. The van der Waals surface area contributed by atoms with Crippen molar-refractivity contribution in [3.05, 3.63) is 78.4 Å². The van der Waals surface area contributed by atoms with Gasteiger partial charge < -0.3 is 9.30 Å². The van der Waals surface area contributed by atoms with E-state index in [1.165, 1.54) is 0 Å². The summed E-state index contributed by atoms with van der Waals surface area (Å²) in [5, 5.41) is 1.05. The molecule has 0 aliphatic rings. The Balaban J connectivity index is 2.16. The largest absolute Gasteiger partial charge is 0.496 e. The number of fused-ring (bicyclic) bond motifs is 1. The van der Waals surface area contributed by atoms with Crippen LogP contribution in [-0.2, 0) is 7.05 Å². The van der Waals surface area contributed by atoms with Crippen molar-refractivity contribution in [1.82, 2.24) is 4.57 Å². The van der Waals surface area contributed by atoms with Crippen LogP contribution in [-0.4, -0.2) is 17.5 Å². The molecule has 3 aromatic carbocycles. The molecule has 3 heteroatoms. The van der Waals surface area contributed by atoms with E-state index in [-0.39, 0.29) is 5.78 Å². The van der Waals surface area contributed by atoms with Gasteiger partial charge in [0.2, 0.25) is 0 Å². The van der Waals surface area contributed by atoms with Crippen molar-refractivity contribution in [1.29, 1.82) is 0 Å². The maximum absolute atomic E-state index is 12.2. The quantitative estimate of drug-likeness (QED) is 0.438. The van der Waals surface area contributed by atoms with E-state index in [2.05, 4.69) is 35.9 Å². The predicted octanol–water partition coefficient (Wildman–Crippen LogP) is 5.72. The average molecular weight is 355 g/mol. The Kier molecular flexibility index (Phi) is 4.28. The minimum absolute atomic E-state index is 0.00197. The molecule has 0 saturated carbocycles. The van der Waals surface area contributed by atoms with Gasteiger partial charge in [-0.1, -0.05) is 60.7 Å². The lowest BCUT2D eigenvalue weighted by molar-refractivity contribution is 0.101. The molecule has 1 aromatic heterocycles. The first-order chi connectivity index (χ1) is 13.1. The topological polar surface area (TPSA) is 31.2 Å². The van der Waals surface area contributed by atoms with Crippen LogP contribution in [0.4, 0.5) is 0 Å². The summed E-state index contributed by atoms with van der Waals surface area (Å²) in [4.78, 5) is 12.2. The van der Waals surface area contributed by atoms with Gasteiger partial charge in [-0.15, -0.1) is 0 Å². The summed E-state index contributed by atoms with van der Waals surface area (Å²) in [7, 11) is 3.66. The third kappa shape index (κ3) is 2.81. The monoisotopic (exact) mass is 355 g/mol. The molecule has 4 rings (SSSR count). The summed E-state index contributed by atoms with van der Waals surface area (Å²) < 4.78 is 7.68. The van der Waals surface area contributed by atoms with Crippen molar-refractivity contribution >= 4 is 16.7 Å². The highest BCUT2D eigenvalue weighted by Crippen LogP contribution is 2.42. The fourth-order valence-corrected chi connectivity index (χ4v) is 3.74. The zero-order chi connectivity index (χ0) is 19.0. The van der Waals surface area contributed by atoms with Crippen LogP contribution in [0.2, 0.25) is 0 Å². The molecule has 0 amide bonds. The highest BCUT2D eigenvalue weighted by molar-refractivity contribution is 6.09. The first-order valence-corrected chi connectivity index (χ1v) is 8.94. The number of Topliss-reactive ketones (excluding diaryl/α,β-unsaturated/α-hetero) is 1. The van der Waals surface area contributed by atoms with Crippen molar-refractivity contribution in [3.63, 3.8) is 0 Å². The number of benzene rings is 3. The highest BCUT2D eigenvalue weighted by Gasteiger charge is 2.21. The molecule has 4 aromatic rings. The normalized spacial score (nSPS) is 10.9. The smallest absolute Gasteiger partial charge is 0.163 e. The number of aryl methyl sites for hydroxylation is 1. The molecule has 0 aliphatic carbocycles. The molecule has 0 fully saturated rings. The SMILES string of the molecule is COc1cc2c(cc1C(C)=O)c(-c1ccccc1)c(-c1ccccc1)n2C. The first-order valence-electron chi connectivity index (χ1n) is 8.94. The van der Waals surface area contributed by atoms with Crippen molar-refractivity contribution in [2.24, 2.45) is 7.05 Å². The van der Waals surface area contributed by atoms with E-state index in [4.69, 9.17) is 4.74 Å². The second-order valence-electron chi connectivity index (χ2n) is 6.64. The molecule has 0 aliphatic heterocycles. The molecule has 0 spiro atoms. The molecular weight excluding hydrogens is 334 g/mol. The number of aromatic nitrogens is 1. The van der Waals surface area contributed by atoms with E-state index in [0.717, 1.165) is 33.3 Å². The molecule has 1 heterocycles. The minimum atomic E-state index is -0.00197. The van der Waals surface area contributed by atoms with Gasteiger partial charge in [-0.25, -0.2) is 0 Å². The van der Waals surface area contributed by atoms with Gasteiger partial charge in [0.25, 0.3) is 0 Å². The number of ether oxygens (including phenoxy) is 1. The predicted molar refractivity (Wildman–Crippen MR) is 110 cm³/mol. The van der Waals surface area contributed by atoms with Crippen LogP contribution in [0.3, 0.4) is 0 Å². The number of nitrogens with zero attached hydrogens (tertiary/aromatic N) is 1. The van der Waals surface area contributed by atoms with Crippen molar-refractivity contribution in [2.45, 2.75) is 6.92 Å². The van der Waals surface area contributed by atoms with Crippen LogP contribution in [0.15, 0.2) is 72.8 Å². The molecule has 3 nitrogen and oxygen atoms in total. The van der Waals surface area contributed by atoms with E-state index >= 15 is 0 Å². The van der Waals surface area contributed by atoms with Gasteiger partial charge in [0.05, 0.1) is 23.9 Å². The van der Waals surface area contributed by atoms with Crippen LogP contribution in [0, 0.1) is 0 Å². The van der Waals surface area contributed by atoms with Crippen LogP contribution >= 0.6 is 0 Å². The maximum Gasteiger partial charge on any atom is 0.163 e.